The molecule has 10 aromatic rings. The lowest BCUT2D eigenvalue weighted by Crippen LogP contribution is -1.96. The van der Waals surface area contributed by atoms with E-state index in [1.807, 2.05) is 12.4 Å². The van der Waals surface area contributed by atoms with Gasteiger partial charge in [0.05, 0.1) is 11.4 Å². The maximum Gasteiger partial charge on any atom is 0.160 e. The summed E-state index contributed by atoms with van der Waals surface area (Å²) < 4.78 is 0. The third-order valence-electron chi connectivity index (χ3n) is 10.4. The van der Waals surface area contributed by atoms with Crippen molar-refractivity contribution in [3.63, 3.8) is 0 Å². The summed E-state index contributed by atoms with van der Waals surface area (Å²) in [4.78, 5) is 15.1. The van der Waals surface area contributed by atoms with Crippen LogP contribution in [0.2, 0.25) is 0 Å². The molecule has 0 aliphatic heterocycles. The summed E-state index contributed by atoms with van der Waals surface area (Å²) in [5.74, 6) is 0.683. The van der Waals surface area contributed by atoms with Crippen LogP contribution in [0.3, 0.4) is 0 Å². The van der Waals surface area contributed by atoms with Crippen molar-refractivity contribution in [2.24, 2.45) is 0 Å². The van der Waals surface area contributed by atoms with Crippen LogP contribution in [0.4, 0.5) is 0 Å². The fourth-order valence-corrected chi connectivity index (χ4v) is 7.67. The van der Waals surface area contributed by atoms with Crippen LogP contribution in [0.5, 0.6) is 0 Å². The second-order valence-electron chi connectivity index (χ2n) is 13.7. The molecule has 8 aromatic carbocycles. The van der Waals surface area contributed by atoms with Gasteiger partial charge in [-0.15, -0.1) is 0 Å². The van der Waals surface area contributed by atoms with Gasteiger partial charge in [-0.25, -0.2) is 9.97 Å². The summed E-state index contributed by atoms with van der Waals surface area (Å²) in [6.07, 6.45) is 3.87. The molecule has 0 N–H and O–H groups in total. The van der Waals surface area contributed by atoms with Crippen LogP contribution in [0.15, 0.2) is 200 Å². The molecule has 252 valence electrons. The molecule has 0 unspecified atom stereocenters. The largest absolute Gasteiger partial charge is 0.263 e. The number of hydrogen-bond acceptors (Lipinski definition) is 3. The first kappa shape index (κ1) is 31.5. The van der Waals surface area contributed by atoms with Crippen molar-refractivity contribution in [3.05, 3.63) is 200 Å². The molecule has 54 heavy (non-hydrogen) atoms. The van der Waals surface area contributed by atoms with Gasteiger partial charge in [-0.1, -0.05) is 170 Å². The Labute approximate surface area is 313 Å². The standard InChI is InChI=1S/C51H33N3/c1-4-20-43-34(11-1)14-9-23-45(43)38-16-7-18-40(29-38)50-31-49(37-27-25-36(26-28-37)48-33-52-32-42-13-3-6-22-47(42)48)53-51(54-50)41-19-8-17-39(30-41)46-24-10-15-35-12-2-5-21-44(35)46/h1-33H. The molecule has 0 atom stereocenters. The first-order chi connectivity index (χ1) is 26.7. The Hall–Kier alpha value is -7.23. The van der Waals surface area contributed by atoms with Gasteiger partial charge >= 0.3 is 0 Å². The van der Waals surface area contributed by atoms with E-state index >= 15 is 0 Å². The van der Waals surface area contributed by atoms with Gasteiger partial charge in [0.2, 0.25) is 0 Å². The lowest BCUT2D eigenvalue weighted by atomic mass is 9.95. The first-order valence-corrected chi connectivity index (χ1v) is 18.2. The summed E-state index contributed by atoms with van der Waals surface area (Å²) in [6.45, 7) is 0. The molecule has 0 aliphatic carbocycles. The van der Waals surface area contributed by atoms with E-state index in [-0.39, 0.29) is 0 Å². The number of nitrogens with zero attached hydrogens (tertiary/aromatic N) is 3. The first-order valence-electron chi connectivity index (χ1n) is 18.2. The lowest BCUT2D eigenvalue weighted by Gasteiger charge is -2.13. The van der Waals surface area contributed by atoms with E-state index in [2.05, 4.69) is 193 Å². The van der Waals surface area contributed by atoms with Gasteiger partial charge in [0, 0.05) is 40.0 Å². The van der Waals surface area contributed by atoms with Gasteiger partial charge < -0.3 is 0 Å². The average molecular weight is 688 g/mol. The average Bonchev–Trinajstić information content (AvgIpc) is 3.26. The third-order valence-corrected chi connectivity index (χ3v) is 10.4. The molecule has 0 spiro atoms. The summed E-state index contributed by atoms with van der Waals surface area (Å²) in [5, 5.41) is 7.20. The molecule has 0 amide bonds. The van der Waals surface area contributed by atoms with Crippen molar-refractivity contribution >= 4 is 32.3 Å². The van der Waals surface area contributed by atoms with E-state index in [9.17, 15) is 0 Å². The summed E-state index contributed by atoms with van der Waals surface area (Å²) in [7, 11) is 0. The van der Waals surface area contributed by atoms with Crippen LogP contribution in [0, 0.1) is 0 Å². The van der Waals surface area contributed by atoms with Crippen molar-refractivity contribution in [3.8, 4) is 67.3 Å². The third kappa shape index (κ3) is 5.78. The van der Waals surface area contributed by atoms with Gasteiger partial charge in [0.15, 0.2) is 5.82 Å². The Morgan fingerprint density at radius 2 is 0.741 bits per heavy atom. The molecule has 0 saturated heterocycles. The molecule has 2 heterocycles. The smallest absolute Gasteiger partial charge is 0.160 e. The number of pyridine rings is 1. The van der Waals surface area contributed by atoms with Crippen molar-refractivity contribution in [2.75, 3.05) is 0 Å². The molecular weight excluding hydrogens is 655 g/mol. The highest BCUT2D eigenvalue weighted by atomic mass is 14.9. The molecular formula is C51H33N3. The second-order valence-corrected chi connectivity index (χ2v) is 13.7. The van der Waals surface area contributed by atoms with Gasteiger partial charge in [-0.3, -0.25) is 4.98 Å². The zero-order valence-corrected chi connectivity index (χ0v) is 29.4. The molecule has 0 bridgehead atoms. The van der Waals surface area contributed by atoms with Crippen LogP contribution in [0.1, 0.15) is 0 Å². The van der Waals surface area contributed by atoms with E-state index in [0.717, 1.165) is 55.7 Å². The van der Waals surface area contributed by atoms with Crippen LogP contribution in [-0.2, 0) is 0 Å². The number of fused-ring (bicyclic) bond motifs is 3. The predicted molar refractivity (Wildman–Crippen MR) is 225 cm³/mol. The lowest BCUT2D eigenvalue weighted by molar-refractivity contribution is 1.18. The van der Waals surface area contributed by atoms with Crippen LogP contribution in [-0.4, -0.2) is 15.0 Å². The maximum atomic E-state index is 5.27. The minimum absolute atomic E-state index is 0.683. The van der Waals surface area contributed by atoms with Crippen LogP contribution < -0.4 is 0 Å². The molecule has 3 heteroatoms. The number of aromatic nitrogens is 3. The highest BCUT2D eigenvalue weighted by Crippen LogP contribution is 2.36. The molecule has 0 radical (unpaired) electrons. The SMILES string of the molecule is c1cc(-c2cc(-c3ccc(-c4cncc5ccccc45)cc3)nc(-c3cccc(-c4cccc5ccccc45)c3)n2)cc(-c2cccc3ccccc23)c1. The van der Waals surface area contributed by atoms with Crippen molar-refractivity contribution in [1.29, 1.82) is 0 Å². The monoisotopic (exact) mass is 687 g/mol. The van der Waals surface area contributed by atoms with Gasteiger partial charge in [-0.05, 0) is 72.9 Å². The highest BCUT2D eigenvalue weighted by molar-refractivity contribution is 5.99. The van der Waals surface area contributed by atoms with Gasteiger partial charge in [0.25, 0.3) is 0 Å². The fraction of sp³-hybridized carbons (Fsp3) is 0. The zero-order valence-electron chi connectivity index (χ0n) is 29.4. The Balaban J connectivity index is 1.11. The molecule has 0 aliphatic rings. The second kappa shape index (κ2) is 13.4. The fourth-order valence-electron chi connectivity index (χ4n) is 7.67. The molecule has 0 saturated carbocycles. The number of hydrogen-bond donors (Lipinski definition) is 0. The Morgan fingerprint density at radius 1 is 0.278 bits per heavy atom. The van der Waals surface area contributed by atoms with Crippen molar-refractivity contribution in [1.82, 2.24) is 15.0 Å². The maximum absolute atomic E-state index is 5.27. The Kier molecular flexibility index (Phi) is 7.81. The molecule has 10 rings (SSSR count). The molecule has 2 aromatic heterocycles. The zero-order chi connectivity index (χ0) is 35.8. The number of rotatable bonds is 6. The minimum Gasteiger partial charge on any atom is -0.263 e. The number of benzene rings is 8. The van der Waals surface area contributed by atoms with Gasteiger partial charge in [0.1, 0.15) is 0 Å². The van der Waals surface area contributed by atoms with E-state index in [0.29, 0.717) is 5.82 Å². The minimum atomic E-state index is 0.683. The quantitative estimate of drug-likeness (QED) is 0.175. The predicted octanol–water partition coefficient (Wildman–Crippen LogP) is 13.3. The summed E-state index contributed by atoms with van der Waals surface area (Å²) >= 11 is 0. The molecule has 0 fully saturated rings. The van der Waals surface area contributed by atoms with E-state index < -0.39 is 0 Å². The van der Waals surface area contributed by atoms with Crippen molar-refractivity contribution in [2.45, 2.75) is 0 Å². The normalized spacial score (nSPS) is 11.3. The van der Waals surface area contributed by atoms with E-state index in [1.165, 1.54) is 38.1 Å². The van der Waals surface area contributed by atoms with Crippen LogP contribution >= 0.6 is 0 Å². The summed E-state index contributed by atoms with van der Waals surface area (Å²) in [6, 6.07) is 66.5. The van der Waals surface area contributed by atoms with Crippen molar-refractivity contribution < 1.29 is 0 Å². The van der Waals surface area contributed by atoms with Gasteiger partial charge in [-0.2, -0.15) is 0 Å². The summed E-state index contributed by atoms with van der Waals surface area (Å²) in [5.41, 5.74) is 11.6. The van der Waals surface area contributed by atoms with E-state index in [4.69, 9.17) is 9.97 Å². The Morgan fingerprint density at radius 3 is 1.39 bits per heavy atom. The van der Waals surface area contributed by atoms with E-state index in [1.54, 1.807) is 0 Å². The highest BCUT2D eigenvalue weighted by Gasteiger charge is 2.14. The molecule has 3 nitrogen and oxygen atoms in total. The topological polar surface area (TPSA) is 38.7 Å². The Bertz CT molecular complexity index is 2840. The van der Waals surface area contributed by atoms with Crippen LogP contribution in [0.25, 0.3) is 99.6 Å².